The molecule has 0 unspecified atom stereocenters. The SMILES string of the molecule is CCc1ccc(C(=O)N2CCN(c3cc(C)nc(N4CCCCC4)n3)CC2)cc1. The Kier molecular flexibility index (Phi) is 5.97. The summed E-state index contributed by atoms with van der Waals surface area (Å²) in [7, 11) is 0. The average molecular weight is 394 g/mol. The highest BCUT2D eigenvalue weighted by atomic mass is 16.2. The number of hydrogen-bond acceptors (Lipinski definition) is 5. The molecule has 0 radical (unpaired) electrons. The molecule has 154 valence electrons. The van der Waals surface area contributed by atoms with E-state index in [9.17, 15) is 4.79 Å². The molecule has 6 heteroatoms. The van der Waals surface area contributed by atoms with E-state index in [2.05, 4.69) is 39.9 Å². The molecule has 2 saturated heterocycles. The summed E-state index contributed by atoms with van der Waals surface area (Å²) in [6.45, 7) is 9.29. The van der Waals surface area contributed by atoms with Gasteiger partial charge in [-0.15, -0.1) is 0 Å². The Morgan fingerprint density at radius 1 is 0.897 bits per heavy atom. The largest absolute Gasteiger partial charge is 0.353 e. The van der Waals surface area contributed by atoms with Crippen LogP contribution in [0, 0.1) is 6.92 Å². The van der Waals surface area contributed by atoms with Gasteiger partial charge in [0.2, 0.25) is 5.95 Å². The lowest BCUT2D eigenvalue weighted by Gasteiger charge is -2.36. The van der Waals surface area contributed by atoms with Gasteiger partial charge < -0.3 is 14.7 Å². The van der Waals surface area contributed by atoms with Crippen LogP contribution in [0.4, 0.5) is 11.8 Å². The Bertz CT molecular complexity index is 837. The van der Waals surface area contributed by atoms with E-state index >= 15 is 0 Å². The van der Waals surface area contributed by atoms with Crippen LogP contribution in [0.1, 0.15) is 47.8 Å². The van der Waals surface area contributed by atoms with Crippen molar-refractivity contribution in [3.05, 3.63) is 47.2 Å². The number of carbonyl (C=O) groups is 1. The molecule has 0 N–H and O–H groups in total. The first-order valence-corrected chi connectivity index (χ1v) is 10.9. The molecule has 2 aromatic rings. The fourth-order valence-electron chi connectivity index (χ4n) is 4.14. The second-order valence-electron chi connectivity index (χ2n) is 8.04. The molecule has 0 atom stereocenters. The highest BCUT2D eigenvalue weighted by Gasteiger charge is 2.24. The van der Waals surface area contributed by atoms with Crippen molar-refractivity contribution >= 4 is 17.7 Å². The van der Waals surface area contributed by atoms with Gasteiger partial charge >= 0.3 is 0 Å². The van der Waals surface area contributed by atoms with Crippen LogP contribution in [0.25, 0.3) is 0 Å². The van der Waals surface area contributed by atoms with E-state index in [1.807, 2.05) is 24.0 Å². The van der Waals surface area contributed by atoms with Crippen LogP contribution in [-0.4, -0.2) is 60.0 Å². The van der Waals surface area contributed by atoms with Crippen molar-refractivity contribution in [3.8, 4) is 0 Å². The van der Waals surface area contributed by atoms with Gasteiger partial charge in [-0.25, -0.2) is 4.98 Å². The van der Waals surface area contributed by atoms with E-state index in [1.54, 1.807) is 0 Å². The third kappa shape index (κ3) is 4.52. The molecule has 0 saturated carbocycles. The van der Waals surface area contributed by atoms with Crippen LogP contribution in [0.15, 0.2) is 30.3 Å². The number of aromatic nitrogens is 2. The third-order valence-corrected chi connectivity index (χ3v) is 5.97. The molecule has 1 amide bonds. The Morgan fingerprint density at radius 3 is 2.24 bits per heavy atom. The number of rotatable bonds is 4. The summed E-state index contributed by atoms with van der Waals surface area (Å²) >= 11 is 0. The van der Waals surface area contributed by atoms with Gasteiger partial charge in [0.15, 0.2) is 0 Å². The number of piperazine rings is 1. The van der Waals surface area contributed by atoms with Gasteiger partial charge in [0.1, 0.15) is 5.82 Å². The van der Waals surface area contributed by atoms with Crippen molar-refractivity contribution in [2.24, 2.45) is 0 Å². The molecule has 2 aliphatic heterocycles. The Balaban J connectivity index is 1.41. The second-order valence-corrected chi connectivity index (χ2v) is 8.04. The van der Waals surface area contributed by atoms with E-state index in [1.165, 1.54) is 24.8 Å². The maximum atomic E-state index is 12.8. The Morgan fingerprint density at radius 2 is 1.59 bits per heavy atom. The smallest absolute Gasteiger partial charge is 0.253 e. The minimum absolute atomic E-state index is 0.125. The van der Waals surface area contributed by atoms with E-state index in [4.69, 9.17) is 4.98 Å². The number of aryl methyl sites for hydroxylation is 2. The highest BCUT2D eigenvalue weighted by molar-refractivity contribution is 5.94. The second kappa shape index (κ2) is 8.80. The standard InChI is InChI=1S/C23H31N5O/c1-3-19-7-9-20(10-8-19)22(29)27-15-13-26(14-16-27)21-17-18(2)24-23(25-21)28-11-5-4-6-12-28/h7-10,17H,3-6,11-16H2,1-2H3. The van der Waals surface area contributed by atoms with Gasteiger partial charge in [0.05, 0.1) is 0 Å². The molecule has 3 heterocycles. The van der Waals surface area contributed by atoms with Gasteiger partial charge in [-0.3, -0.25) is 4.79 Å². The van der Waals surface area contributed by atoms with Crippen molar-refractivity contribution in [1.82, 2.24) is 14.9 Å². The molecule has 0 bridgehead atoms. The van der Waals surface area contributed by atoms with Crippen molar-refractivity contribution in [3.63, 3.8) is 0 Å². The predicted molar refractivity (Wildman–Crippen MR) is 117 cm³/mol. The number of benzene rings is 1. The van der Waals surface area contributed by atoms with Crippen LogP contribution in [0.3, 0.4) is 0 Å². The average Bonchev–Trinajstić information content (AvgIpc) is 2.79. The zero-order chi connectivity index (χ0) is 20.2. The topological polar surface area (TPSA) is 52.6 Å². The summed E-state index contributed by atoms with van der Waals surface area (Å²) < 4.78 is 0. The lowest BCUT2D eigenvalue weighted by molar-refractivity contribution is 0.0746. The molecule has 6 nitrogen and oxygen atoms in total. The maximum absolute atomic E-state index is 12.8. The number of piperidine rings is 1. The van der Waals surface area contributed by atoms with Crippen LogP contribution in [0.5, 0.6) is 0 Å². The molecule has 2 fully saturated rings. The molecule has 4 rings (SSSR count). The molecular formula is C23H31N5O. The maximum Gasteiger partial charge on any atom is 0.253 e. The predicted octanol–water partition coefficient (Wildman–Crippen LogP) is 3.30. The van der Waals surface area contributed by atoms with Crippen molar-refractivity contribution in [1.29, 1.82) is 0 Å². The highest BCUT2D eigenvalue weighted by Crippen LogP contribution is 2.22. The van der Waals surface area contributed by atoms with E-state index < -0.39 is 0 Å². The monoisotopic (exact) mass is 393 g/mol. The quantitative estimate of drug-likeness (QED) is 0.798. The number of nitrogens with zero attached hydrogens (tertiary/aromatic N) is 5. The van der Waals surface area contributed by atoms with Gasteiger partial charge in [-0.05, 0) is 50.3 Å². The third-order valence-electron chi connectivity index (χ3n) is 5.97. The lowest BCUT2D eigenvalue weighted by atomic mass is 10.1. The van der Waals surface area contributed by atoms with E-state index in [0.29, 0.717) is 0 Å². The molecular weight excluding hydrogens is 362 g/mol. The van der Waals surface area contributed by atoms with Gasteiger partial charge in [-0.2, -0.15) is 4.98 Å². The zero-order valence-electron chi connectivity index (χ0n) is 17.6. The number of amides is 1. The van der Waals surface area contributed by atoms with Crippen molar-refractivity contribution in [2.45, 2.75) is 39.5 Å². The summed E-state index contributed by atoms with van der Waals surface area (Å²) in [5, 5.41) is 0. The van der Waals surface area contributed by atoms with E-state index in [-0.39, 0.29) is 5.91 Å². The summed E-state index contributed by atoms with van der Waals surface area (Å²) in [5.41, 5.74) is 3.04. The van der Waals surface area contributed by atoms with Gasteiger partial charge in [0.25, 0.3) is 5.91 Å². The number of hydrogen-bond donors (Lipinski definition) is 0. The fraction of sp³-hybridized carbons (Fsp3) is 0.522. The minimum Gasteiger partial charge on any atom is -0.353 e. The van der Waals surface area contributed by atoms with E-state index in [0.717, 1.165) is 68.7 Å². The van der Waals surface area contributed by atoms with Crippen molar-refractivity contribution < 1.29 is 4.79 Å². The summed E-state index contributed by atoms with van der Waals surface area (Å²) in [5.74, 6) is 1.96. The van der Waals surface area contributed by atoms with Gasteiger partial charge in [-0.1, -0.05) is 19.1 Å². The summed E-state index contributed by atoms with van der Waals surface area (Å²) in [6, 6.07) is 10.1. The first-order chi connectivity index (χ1) is 14.1. The molecule has 2 aliphatic rings. The van der Waals surface area contributed by atoms with Crippen molar-refractivity contribution in [2.75, 3.05) is 49.1 Å². The lowest BCUT2D eigenvalue weighted by Crippen LogP contribution is -2.49. The van der Waals surface area contributed by atoms with Crippen LogP contribution in [0.2, 0.25) is 0 Å². The molecule has 29 heavy (non-hydrogen) atoms. The summed E-state index contributed by atoms with van der Waals surface area (Å²) in [6.07, 6.45) is 4.72. The first kappa shape index (κ1) is 19.7. The first-order valence-electron chi connectivity index (χ1n) is 10.9. The zero-order valence-corrected chi connectivity index (χ0v) is 17.6. The molecule has 0 spiro atoms. The molecule has 1 aromatic heterocycles. The van der Waals surface area contributed by atoms with Crippen LogP contribution < -0.4 is 9.80 Å². The molecule has 0 aliphatic carbocycles. The van der Waals surface area contributed by atoms with Gasteiger partial charge in [0, 0.05) is 56.6 Å². The normalized spacial score (nSPS) is 17.5. The minimum atomic E-state index is 0.125. The fourth-order valence-corrected chi connectivity index (χ4v) is 4.14. The number of anilines is 2. The molecule has 1 aromatic carbocycles. The van der Waals surface area contributed by atoms with Crippen LogP contribution in [-0.2, 0) is 6.42 Å². The Labute approximate surface area is 173 Å². The Hall–Kier alpha value is -2.63. The summed E-state index contributed by atoms with van der Waals surface area (Å²) in [4.78, 5) is 28.9. The number of carbonyl (C=O) groups excluding carboxylic acids is 1. The van der Waals surface area contributed by atoms with Crippen LogP contribution >= 0.6 is 0 Å².